The molecule has 0 aromatic heterocycles. The summed E-state index contributed by atoms with van der Waals surface area (Å²) in [4.78, 5) is 21.4. The van der Waals surface area contributed by atoms with E-state index in [1.54, 1.807) is 6.08 Å². The number of rotatable bonds is 4. The second-order valence-corrected chi connectivity index (χ2v) is 3.57. The first kappa shape index (κ1) is 13.6. The number of carbonyl (C=O) groups is 2. The summed E-state index contributed by atoms with van der Waals surface area (Å²) in [6, 6.07) is 2.11. The summed E-state index contributed by atoms with van der Waals surface area (Å²) >= 11 is 0. The Morgan fingerprint density at radius 1 is 1.28 bits per heavy atom. The quantitative estimate of drug-likeness (QED) is 0.637. The standard InChI is InChI=1S/C12H13NO5/c1-7(14)13-4-2-3-8-5-9(12(17)18)11(16)6-10(8)15/h2-3,5-6,15-16H,4H2,1H3,(H,13,14)(H,17,18). The molecule has 0 saturated carbocycles. The Balaban J connectivity index is 2.92. The average Bonchev–Trinajstić information content (AvgIpc) is 2.25. The molecule has 0 aliphatic heterocycles. The highest BCUT2D eigenvalue weighted by Gasteiger charge is 2.12. The van der Waals surface area contributed by atoms with E-state index in [1.165, 1.54) is 13.0 Å². The molecule has 0 aliphatic carbocycles. The minimum atomic E-state index is -1.29. The molecule has 0 aliphatic rings. The van der Waals surface area contributed by atoms with Crippen molar-refractivity contribution in [3.63, 3.8) is 0 Å². The predicted molar refractivity (Wildman–Crippen MR) is 64.4 cm³/mol. The molecular formula is C12H13NO5. The molecule has 6 nitrogen and oxygen atoms in total. The van der Waals surface area contributed by atoms with E-state index in [9.17, 15) is 19.8 Å². The number of aromatic hydroxyl groups is 2. The minimum absolute atomic E-state index is 0.194. The first-order valence-electron chi connectivity index (χ1n) is 5.12. The number of amides is 1. The van der Waals surface area contributed by atoms with Gasteiger partial charge in [0, 0.05) is 25.1 Å². The van der Waals surface area contributed by atoms with Crippen molar-refractivity contribution in [3.05, 3.63) is 29.3 Å². The molecule has 1 rings (SSSR count). The van der Waals surface area contributed by atoms with Gasteiger partial charge in [-0.25, -0.2) is 4.79 Å². The van der Waals surface area contributed by atoms with Gasteiger partial charge in [-0.15, -0.1) is 0 Å². The maximum Gasteiger partial charge on any atom is 0.339 e. The molecule has 0 heterocycles. The highest BCUT2D eigenvalue weighted by atomic mass is 16.4. The van der Waals surface area contributed by atoms with Gasteiger partial charge in [0.25, 0.3) is 0 Å². The molecule has 0 radical (unpaired) electrons. The van der Waals surface area contributed by atoms with Gasteiger partial charge in [-0.05, 0) is 6.07 Å². The molecule has 0 spiro atoms. The summed E-state index contributed by atoms with van der Waals surface area (Å²) in [5.74, 6) is -2.22. The summed E-state index contributed by atoms with van der Waals surface area (Å²) in [5, 5.41) is 30.1. The van der Waals surface area contributed by atoms with Gasteiger partial charge >= 0.3 is 5.97 Å². The Morgan fingerprint density at radius 2 is 1.94 bits per heavy atom. The molecule has 4 N–H and O–H groups in total. The zero-order chi connectivity index (χ0) is 13.7. The van der Waals surface area contributed by atoms with E-state index in [0.717, 1.165) is 12.1 Å². The van der Waals surface area contributed by atoms with Crippen molar-refractivity contribution in [2.75, 3.05) is 6.54 Å². The van der Waals surface area contributed by atoms with Crippen molar-refractivity contribution in [1.82, 2.24) is 5.32 Å². The van der Waals surface area contributed by atoms with E-state index < -0.39 is 11.7 Å². The van der Waals surface area contributed by atoms with Crippen LogP contribution in [0.2, 0.25) is 0 Å². The molecule has 6 heteroatoms. The maximum atomic E-state index is 10.8. The lowest BCUT2D eigenvalue weighted by Crippen LogP contribution is -2.19. The van der Waals surface area contributed by atoms with Crippen molar-refractivity contribution < 1.29 is 24.9 Å². The fourth-order valence-electron chi connectivity index (χ4n) is 1.29. The third kappa shape index (κ3) is 3.51. The van der Waals surface area contributed by atoms with Crippen LogP contribution in [0.3, 0.4) is 0 Å². The Hall–Kier alpha value is -2.50. The van der Waals surface area contributed by atoms with Gasteiger partial charge in [0.1, 0.15) is 17.1 Å². The number of phenols is 2. The molecule has 1 aromatic rings. The second kappa shape index (κ2) is 5.72. The summed E-state index contributed by atoms with van der Waals surface area (Å²) in [5.41, 5.74) is -0.0532. The zero-order valence-corrected chi connectivity index (χ0v) is 9.67. The molecular weight excluding hydrogens is 238 g/mol. The number of hydrogen-bond acceptors (Lipinski definition) is 4. The van der Waals surface area contributed by atoms with E-state index in [1.807, 2.05) is 0 Å². The van der Waals surface area contributed by atoms with Crippen LogP contribution in [0.15, 0.2) is 18.2 Å². The average molecular weight is 251 g/mol. The van der Waals surface area contributed by atoms with Crippen LogP contribution in [-0.2, 0) is 4.79 Å². The zero-order valence-electron chi connectivity index (χ0n) is 9.67. The minimum Gasteiger partial charge on any atom is -0.507 e. The number of hydrogen-bond donors (Lipinski definition) is 4. The third-order valence-electron chi connectivity index (χ3n) is 2.14. The topological polar surface area (TPSA) is 107 Å². The smallest absolute Gasteiger partial charge is 0.339 e. The molecule has 1 amide bonds. The molecule has 0 unspecified atom stereocenters. The Morgan fingerprint density at radius 3 is 2.50 bits per heavy atom. The monoisotopic (exact) mass is 251 g/mol. The number of carboxylic acids is 1. The summed E-state index contributed by atoms with van der Waals surface area (Å²) in [6.45, 7) is 1.63. The summed E-state index contributed by atoms with van der Waals surface area (Å²) < 4.78 is 0. The van der Waals surface area contributed by atoms with Crippen LogP contribution in [0, 0.1) is 0 Å². The molecule has 0 fully saturated rings. The van der Waals surface area contributed by atoms with Crippen molar-refractivity contribution in [2.24, 2.45) is 0 Å². The van der Waals surface area contributed by atoms with Crippen LogP contribution in [0.1, 0.15) is 22.8 Å². The highest BCUT2D eigenvalue weighted by molar-refractivity contribution is 5.92. The fourth-order valence-corrected chi connectivity index (χ4v) is 1.29. The van der Waals surface area contributed by atoms with Gasteiger partial charge in [-0.2, -0.15) is 0 Å². The lowest BCUT2D eigenvalue weighted by Gasteiger charge is -2.04. The third-order valence-corrected chi connectivity index (χ3v) is 2.14. The van der Waals surface area contributed by atoms with Crippen molar-refractivity contribution >= 4 is 18.0 Å². The first-order chi connectivity index (χ1) is 8.41. The molecule has 0 atom stereocenters. The van der Waals surface area contributed by atoms with E-state index in [-0.39, 0.29) is 29.3 Å². The summed E-state index contributed by atoms with van der Waals surface area (Å²) in [6.07, 6.45) is 3.01. The van der Waals surface area contributed by atoms with Crippen LogP contribution in [0.5, 0.6) is 11.5 Å². The van der Waals surface area contributed by atoms with Gasteiger partial charge in [-0.1, -0.05) is 12.2 Å². The second-order valence-electron chi connectivity index (χ2n) is 3.57. The Kier molecular flexibility index (Phi) is 4.31. The largest absolute Gasteiger partial charge is 0.507 e. The maximum absolute atomic E-state index is 10.8. The summed E-state index contributed by atoms with van der Waals surface area (Å²) in [7, 11) is 0. The van der Waals surface area contributed by atoms with Crippen molar-refractivity contribution in [2.45, 2.75) is 6.92 Å². The van der Waals surface area contributed by atoms with Crippen LogP contribution in [-0.4, -0.2) is 33.7 Å². The Labute approximate surface area is 103 Å². The molecule has 0 bridgehead atoms. The van der Waals surface area contributed by atoms with Crippen molar-refractivity contribution in [3.8, 4) is 11.5 Å². The number of benzene rings is 1. The van der Waals surface area contributed by atoms with E-state index in [4.69, 9.17) is 5.11 Å². The highest BCUT2D eigenvalue weighted by Crippen LogP contribution is 2.28. The van der Waals surface area contributed by atoms with Crippen LogP contribution < -0.4 is 5.32 Å². The van der Waals surface area contributed by atoms with Gasteiger partial charge in [0.05, 0.1) is 0 Å². The Bertz CT molecular complexity index is 507. The van der Waals surface area contributed by atoms with E-state index in [2.05, 4.69) is 5.32 Å². The lowest BCUT2D eigenvalue weighted by molar-refractivity contribution is -0.118. The van der Waals surface area contributed by atoms with E-state index in [0.29, 0.717) is 0 Å². The number of carbonyl (C=O) groups excluding carboxylic acids is 1. The fraction of sp³-hybridized carbons (Fsp3) is 0.167. The lowest BCUT2D eigenvalue weighted by atomic mass is 10.1. The molecule has 96 valence electrons. The van der Waals surface area contributed by atoms with Crippen LogP contribution in [0.4, 0.5) is 0 Å². The van der Waals surface area contributed by atoms with Gasteiger partial charge in [0.15, 0.2) is 0 Å². The van der Waals surface area contributed by atoms with Gasteiger partial charge in [-0.3, -0.25) is 4.79 Å². The SMILES string of the molecule is CC(=O)NCC=Cc1cc(C(=O)O)c(O)cc1O. The first-order valence-corrected chi connectivity index (χ1v) is 5.12. The molecule has 1 aromatic carbocycles. The number of aromatic carboxylic acids is 1. The predicted octanol–water partition coefficient (Wildman–Crippen LogP) is 0.945. The van der Waals surface area contributed by atoms with Crippen LogP contribution >= 0.6 is 0 Å². The number of phenolic OH excluding ortho intramolecular Hbond substituents is 1. The van der Waals surface area contributed by atoms with Crippen LogP contribution in [0.25, 0.3) is 6.08 Å². The molecule has 18 heavy (non-hydrogen) atoms. The van der Waals surface area contributed by atoms with E-state index >= 15 is 0 Å². The van der Waals surface area contributed by atoms with Crippen molar-refractivity contribution in [1.29, 1.82) is 0 Å². The molecule has 0 saturated heterocycles. The number of nitrogens with one attached hydrogen (secondary N) is 1. The number of carboxylic acid groups (broad SMARTS) is 1. The normalized spacial score (nSPS) is 10.5. The van der Waals surface area contributed by atoms with Gasteiger partial charge < -0.3 is 20.6 Å². The van der Waals surface area contributed by atoms with Gasteiger partial charge in [0.2, 0.25) is 5.91 Å².